The predicted octanol–water partition coefficient (Wildman–Crippen LogP) is 2.56. The highest BCUT2D eigenvalue weighted by atomic mass is 32.2. The summed E-state index contributed by atoms with van der Waals surface area (Å²) in [4.78, 5) is 12.5. The van der Waals surface area contributed by atoms with Crippen molar-refractivity contribution in [3.63, 3.8) is 0 Å². The highest BCUT2D eigenvalue weighted by Gasteiger charge is 2.21. The number of nitrogens with one attached hydrogen (secondary N) is 2. The van der Waals surface area contributed by atoms with E-state index < -0.39 is 16.1 Å². The summed E-state index contributed by atoms with van der Waals surface area (Å²) in [7, 11) is -2.11. The Morgan fingerprint density at radius 2 is 1.87 bits per heavy atom. The van der Waals surface area contributed by atoms with Gasteiger partial charge >= 0.3 is 0 Å². The molecule has 0 saturated carbocycles. The third-order valence-electron chi connectivity index (χ3n) is 4.70. The molecular weight excluding hydrogens is 408 g/mol. The Morgan fingerprint density at radius 3 is 2.50 bits per heavy atom. The van der Waals surface area contributed by atoms with Crippen molar-refractivity contribution < 1.29 is 27.4 Å². The van der Waals surface area contributed by atoms with Gasteiger partial charge in [-0.2, -0.15) is 0 Å². The maximum absolute atomic E-state index is 12.4. The lowest BCUT2D eigenvalue weighted by Crippen LogP contribution is -2.32. The van der Waals surface area contributed by atoms with Crippen molar-refractivity contribution in [2.45, 2.75) is 36.9 Å². The van der Waals surface area contributed by atoms with Crippen LogP contribution in [0.1, 0.15) is 19.8 Å². The van der Waals surface area contributed by atoms with Crippen LogP contribution in [0.5, 0.6) is 11.5 Å². The van der Waals surface area contributed by atoms with Gasteiger partial charge in [-0.3, -0.25) is 4.79 Å². The van der Waals surface area contributed by atoms with Crippen LogP contribution >= 0.6 is 0 Å². The molecule has 2 N–H and O–H groups in total. The highest BCUT2D eigenvalue weighted by molar-refractivity contribution is 7.89. The number of hydrogen-bond donors (Lipinski definition) is 2. The molecule has 0 aliphatic carbocycles. The number of methoxy groups -OCH3 is 1. The van der Waals surface area contributed by atoms with Crippen LogP contribution in [0.25, 0.3) is 0 Å². The lowest BCUT2D eigenvalue weighted by atomic mass is 10.2. The van der Waals surface area contributed by atoms with Crippen LogP contribution in [0.2, 0.25) is 0 Å². The van der Waals surface area contributed by atoms with Gasteiger partial charge in [-0.05, 0) is 56.2 Å². The van der Waals surface area contributed by atoms with Crippen molar-refractivity contribution in [2.24, 2.45) is 0 Å². The third-order valence-corrected chi connectivity index (χ3v) is 6.14. The van der Waals surface area contributed by atoms with Gasteiger partial charge in [0.15, 0.2) is 17.6 Å². The Hall–Kier alpha value is -2.62. The Balaban J connectivity index is 1.57. The molecule has 1 aliphatic heterocycles. The van der Waals surface area contributed by atoms with E-state index in [-0.39, 0.29) is 23.5 Å². The molecule has 2 atom stereocenters. The van der Waals surface area contributed by atoms with E-state index in [2.05, 4.69) is 10.0 Å². The molecule has 1 fully saturated rings. The van der Waals surface area contributed by atoms with Gasteiger partial charge in [0.25, 0.3) is 5.91 Å². The topological polar surface area (TPSA) is 103 Å². The number of para-hydroxylation sites is 2. The molecule has 0 spiro atoms. The fraction of sp³-hybridized carbons (Fsp3) is 0.381. The van der Waals surface area contributed by atoms with Crippen molar-refractivity contribution in [1.82, 2.24) is 4.72 Å². The van der Waals surface area contributed by atoms with E-state index in [4.69, 9.17) is 14.2 Å². The second kappa shape index (κ2) is 9.92. The fourth-order valence-corrected chi connectivity index (χ4v) is 4.08. The molecule has 8 nitrogen and oxygen atoms in total. The minimum atomic E-state index is -3.64. The van der Waals surface area contributed by atoms with Gasteiger partial charge < -0.3 is 19.5 Å². The molecule has 1 aliphatic rings. The van der Waals surface area contributed by atoms with E-state index in [1.807, 2.05) is 6.07 Å². The highest BCUT2D eigenvalue weighted by Crippen LogP contribution is 2.27. The minimum absolute atomic E-state index is 0.0805. The summed E-state index contributed by atoms with van der Waals surface area (Å²) in [5.74, 6) is 0.622. The summed E-state index contributed by atoms with van der Waals surface area (Å²) in [5.41, 5.74) is 0.466. The molecular formula is C21H26N2O6S. The summed E-state index contributed by atoms with van der Waals surface area (Å²) in [6.07, 6.45) is 0.934. The molecule has 3 rings (SSSR count). The number of benzene rings is 2. The second-order valence-electron chi connectivity index (χ2n) is 6.91. The SMILES string of the molecule is COc1ccccc1OC(C)C(=O)Nc1ccc(S(=O)(=O)NCC2CCCO2)cc1. The molecule has 0 aromatic heterocycles. The van der Waals surface area contributed by atoms with Crippen molar-refractivity contribution >= 4 is 21.6 Å². The second-order valence-corrected chi connectivity index (χ2v) is 8.68. The number of rotatable bonds is 9. The van der Waals surface area contributed by atoms with Crippen LogP contribution in [-0.4, -0.2) is 46.8 Å². The van der Waals surface area contributed by atoms with Crippen LogP contribution in [0.4, 0.5) is 5.69 Å². The quantitative estimate of drug-likeness (QED) is 0.629. The van der Waals surface area contributed by atoms with E-state index in [1.165, 1.54) is 31.4 Å². The number of amides is 1. The molecule has 1 heterocycles. The van der Waals surface area contributed by atoms with Gasteiger partial charge in [0.2, 0.25) is 10.0 Å². The van der Waals surface area contributed by atoms with E-state index in [0.29, 0.717) is 23.8 Å². The Morgan fingerprint density at radius 1 is 1.17 bits per heavy atom. The Kier molecular flexibility index (Phi) is 7.30. The maximum atomic E-state index is 12.4. The zero-order chi connectivity index (χ0) is 21.6. The van der Waals surface area contributed by atoms with Crippen molar-refractivity contribution in [2.75, 3.05) is 25.6 Å². The molecule has 2 aromatic rings. The number of hydrogen-bond acceptors (Lipinski definition) is 6. The van der Waals surface area contributed by atoms with Crippen LogP contribution in [0, 0.1) is 0 Å². The first kappa shape index (κ1) is 22.1. The average molecular weight is 435 g/mol. The van der Waals surface area contributed by atoms with Crippen molar-refractivity contribution in [3.8, 4) is 11.5 Å². The Labute approximate surface area is 176 Å². The summed E-state index contributed by atoms with van der Waals surface area (Å²) >= 11 is 0. The fourth-order valence-electron chi connectivity index (χ4n) is 3.01. The zero-order valence-corrected chi connectivity index (χ0v) is 17.8. The summed E-state index contributed by atoms with van der Waals surface area (Å²) in [5, 5.41) is 2.71. The molecule has 9 heteroatoms. The number of sulfonamides is 1. The standard InChI is InChI=1S/C21H26N2O6S/c1-15(29-20-8-4-3-7-19(20)27-2)21(24)23-16-9-11-18(12-10-16)30(25,26)22-14-17-6-5-13-28-17/h3-4,7-12,15,17,22H,5-6,13-14H2,1-2H3,(H,23,24). The minimum Gasteiger partial charge on any atom is -0.493 e. The number of carbonyl (C=O) groups is 1. The maximum Gasteiger partial charge on any atom is 0.265 e. The first-order chi connectivity index (χ1) is 14.4. The van der Waals surface area contributed by atoms with E-state index in [1.54, 1.807) is 25.1 Å². The van der Waals surface area contributed by atoms with Gasteiger partial charge in [0.05, 0.1) is 18.1 Å². The summed E-state index contributed by atoms with van der Waals surface area (Å²) in [6.45, 7) is 2.54. The number of ether oxygens (including phenoxy) is 3. The molecule has 1 amide bonds. The molecule has 0 bridgehead atoms. The molecule has 30 heavy (non-hydrogen) atoms. The van der Waals surface area contributed by atoms with Crippen LogP contribution < -0.4 is 19.5 Å². The van der Waals surface area contributed by atoms with E-state index in [0.717, 1.165) is 12.8 Å². The molecule has 0 radical (unpaired) electrons. The Bertz CT molecular complexity index is 956. The lowest BCUT2D eigenvalue weighted by molar-refractivity contribution is -0.122. The molecule has 2 unspecified atom stereocenters. The first-order valence-corrected chi connectivity index (χ1v) is 11.2. The van der Waals surface area contributed by atoms with Crippen LogP contribution in [-0.2, 0) is 19.6 Å². The predicted molar refractivity (Wildman–Crippen MR) is 112 cm³/mol. The largest absolute Gasteiger partial charge is 0.493 e. The lowest BCUT2D eigenvalue weighted by Gasteiger charge is -2.17. The normalized spacial score (nSPS) is 17.3. The summed E-state index contributed by atoms with van der Waals surface area (Å²) in [6, 6.07) is 13.0. The third kappa shape index (κ3) is 5.71. The molecule has 2 aromatic carbocycles. The van der Waals surface area contributed by atoms with Crippen molar-refractivity contribution in [1.29, 1.82) is 0 Å². The van der Waals surface area contributed by atoms with Crippen LogP contribution in [0.15, 0.2) is 53.4 Å². The molecule has 162 valence electrons. The number of anilines is 1. The first-order valence-electron chi connectivity index (χ1n) is 9.71. The average Bonchev–Trinajstić information content (AvgIpc) is 3.27. The molecule has 1 saturated heterocycles. The monoisotopic (exact) mass is 434 g/mol. The van der Waals surface area contributed by atoms with Crippen molar-refractivity contribution in [3.05, 3.63) is 48.5 Å². The van der Waals surface area contributed by atoms with Gasteiger partial charge in [-0.25, -0.2) is 13.1 Å². The van der Waals surface area contributed by atoms with Crippen LogP contribution in [0.3, 0.4) is 0 Å². The van der Waals surface area contributed by atoms with Gasteiger partial charge in [-0.1, -0.05) is 12.1 Å². The zero-order valence-electron chi connectivity index (χ0n) is 17.0. The van der Waals surface area contributed by atoms with Gasteiger partial charge in [0.1, 0.15) is 0 Å². The van der Waals surface area contributed by atoms with E-state index in [9.17, 15) is 13.2 Å². The van der Waals surface area contributed by atoms with E-state index >= 15 is 0 Å². The summed E-state index contributed by atoms with van der Waals surface area (Å²) < 4.78 is 43.7. The smallest absolute Gasteiger partial charge is 0.265 e. The van der Waals surface area contributed by atoms with Gasteiger partial charge in [-0.15, -0.1) is 0 Å². The number of carbonyl (C=O) groups excluding carboxylic acids is 1. The van der Waals surface area contributed by atoms with Gasteiger partial charge in [0, 0.05) is 18.8 Å².